The highest BCUT2D eigenvalue weighted by atomic mass is 19.1. The third-order valence-corrected chi connectivity index (χ3v) is 5.86. The van der Waals surface area contributed by atoms with Crippen molar-refractivity contribution in [3.05, 3.63) is 30.5 Å². The van der Waals surface area contributed by atoms with E-state index >= 15 is 0 Å². The zero-order valence-corrected chi connectivity index (χ0v) is 17.0. The molecule has 0 aliphatic carbocycles. The van der Waals surface area contributed by atoms with Gasteiger partial charge in [-0.1, -0.05) is 6.92 Å². The van der Waals surface area contributed by atoms with Gasteiger partial charge in [-0.15, -0.1) is 0 Å². The lowest BCUT2D eigenvalue weighted by Crippen LogP contribution is -2.47. The fraction of sp³-hybridized carbons (Fsp3) is 0.550. The van der Waals surface area contributed by atoms with E-state index in [-0.39, 0.29) is 11.9 Å². The molecule has 0 bridgehead atoms. The number of aromatic nitrogens is 6. The van der Waals surface area contributed by atoms with Crippen LogP contribution in [0.2, 0.25) is 0 Å². The molecule has 2 fully saturated rings. The van der Waals surface area contributed by atoms with E-state index in [1.54, 1.807) is 6.33 Å². The lowest BCUT2D eigenvalue weighted by Gasteiger charge is -2.36. The van der Waals surface area contributed by atoms with Gasteiger partial charge in [0.15, 0.2) is 28.6 Å². The molecule has 10 heteroatoms. The predicted molar refractivity (Wildman–Crippen MR) is 110 cm³/mol. The zero-order valence-electron chi connectivity index (χ0n) is 17.0. The quantitative estimate of drug-likeness (QED) is 0.627. The Morgan fingerprint density at radius 2 is 1.73 bits per heavy atom. The molecule has 9 nitrogen and oxygen atoms in total. The van der Waals surface area contributed by atoms with Gasteiger partial charge in [0, 0.05) is 32.8 Å². The van der Waals surface area contributed by atoms with Gasteiger partial charge in [0.2, 0.25) is 0 Å². The number of aryl methyl sites for hydroxylation is 1. The third kappa shape index (κ3) is 3.45. The Morgan fingerprint density at radius 3 is 2.47 bits per heavy atom. The molecule has 0 aromatic carbocycles. The van der Waals surface area contributed by atoms with Crippen molar-refractivity contribution < 1.29 is 9.13 Å². The summed E-state index contributed by atoms with van der Waals surface area (Å²) in [7, 11) is 0. The van der Waals surface area contributed by atoms with E-state index in [0.29, 0.717) is 44.1 Å². The van der Waals surface area contributed by atoms with Crippen molar-refractivity contribution in [2.45, 2.75) is 38.8 Å². The van der Waals surface area contributed by atoms with Crippen LogP contribution in [0.1, 0.15) is 25.5 Å². The number of imidazole rings is 1. The Hall–Kier alpha value is -2.88. The summed E-state index contributed by atoms with van der Waals surface area (Å²) in [6, 6.07) is 0. The molecule has 3 aromatic rings. The Morgan fingerprint density at radius 1 is 1.00 bits per heavy atom. The SMILES string of the molecule is CCc1ncnc(N2CCN(c3ncnc4c3ncn4CC3CCCO3)CC2)c1F. The molecule has 0 spiro atoms. The molecule has 0 saturated carbocycles. The number of nitrogens with zero attached hydrogens (tertiary/aromatic N) is 8. The van der Waals surface area contributed by atoms with Crippen LogP contribution in [0, 0.1) is 5.82 Å². The molecular formula is C20H25FN8O. The molecule has 0 radical (unpaired) electrons. The van der Waals surface area contributed by atoms with Gasteiger partial charge in [-0.25, -0.2) is 29.3 Å². The summed E-state index contributed by atoms with van der Waals surface area (Å²) < 4.78 is 22.4. The molecule has 1 atom stereocenters. The molecule has 3 aromatic heterocycles. The molecule has 158 valence electrons. The van der Waals surface area contributed by atoms with Crippen molar-refractivity contribution in [2.24, 2.45) is 0 Å². The highest BCUT2D eigenvalue weighted by molar-refractivity contribution is 5.83. The zero-order chi connectivity index (χ0) is 20.5. The highest BCUT2D eigenvalue weighted by Gasteiger charge is 2.25. The second-order valence-corrected chi connectivity index (χ2v) is 7.69. The normalized spacial score (nSPS) is 19.7. The first kappa shape index (κ1) is 19.1. The fourth-order valence-electron chi connectivity index (χ4n) is 4.23. The summed E-state index contributed by atoms with van der Waals surface area (Å²) in [5.41, 5.74) is 2.08. The number of fused-ring (bicyclic) bond motifs is 1. The molecular weight excluding hydrogens is 387 g/mol. The van der Waals surface area contributed by atoms with E-state index in [1.807, 2.05) is 18.2 Å². The summed E-state index contributed by atoms with van der Waals surface area (Å²) in [5, 5.41) is 0. The van der Waals surface area contributed by atoms with E-state index in [2.05, 4.69) is 34.4 Å². The molecule has 5 heterocycles. The summed E-state index contributed by atoms with van der Waals surface area (Å²) in [5.74, 6) is 0.893. The smallest absolute Gasteiger partial charge is 0.187 e. The number of rotatable bonds is 5. The molecule has 2 aliphatic rings. The lowest BCUT2D eigenvalue weighted by atomic mass is 10.2. The second kappa shape index (κ2) is 8.10. The van der Waals surface area contributed by atoms with Gasteiger partial charge in [-0.2, -0.15) is 0 Å². The Bertz CT molecular complexity index is 1030. The van der Waals surface area contributed by atoms with Gasteiger partial charge in [0.1, 0.15) is 12.7 Å². The number of hydrogen-bond acceptors (Lipinski definition) is 8. The molecule has 30 heavy (non-hydrogen) atoms. The third-order valence-electron chi connectivity index (χ3n) is 5.86. The highest BCUT2D eigenvalue weighted by Crippen LogP contribution is 2.26. The van der Waals surface area contributed by atoms with Crippen LogP contribution in [0.15, 0.2) is 19.0 Å². The number of anilines is 2. The van der Waals surface area contributed by atoms with Gasteiger partial charge in [0.25, 0.3) is 0 Å². The van der Waals surface area contributed by atoms with E-state index < -0.39 is 0 Å². The average Bonchev–Trinajstić information content (AvgIpc) is 3.45. The van der Waals surface area contributed by atoms with Crippen LogP contribution >= 0.6 is 0 Å². The minimum atomic E-state index is -0.314. The van der Waals surface area contributed by atoms with Crippen molar-refractivity contribution in [3.63, 3.8) is 0 Å². The van der Waals surface area contributed by atoms with Gasteiger partial charge >= 0.3 is 0 Å². The minimum Gasteiger partial charge on any atom is -0.376 e. The maximum absolute atomic E-state index is 14.6. The number of ether oxygens (including phenoxy) is 1. The van der Waals surface area contributed by atoms with Crippen LogP contribution < -0.4 is 9.80 Å². The number of halogens is 1. The molecule has 2 saturated heterocycles. The largest absolute Gasteiger partial charge is 0.376 e. The maximum Gasteiger partial charge on any atom is 0.187 e. The molecule has 2 aliphatic heterocycles. The van der Waals surface area contributed by atoms with Crippen LogP contribution in [-0.2, 0) is 17.7 Å². The lowest BCUT2D eigenvalue weighted by molar-refractivity contribution is 0.0978. The van der Waals surface area contributed by atoms with E-state index in [9.17, 15) is 4.39 Å². The van der Waals surface area contributed by atoms with Gasteiger partial charge < -0.3 is 19.1 Å². The summed E-state index contributed by atoms with van der Waals surface area (Å²) in [4.78, 5) is 25.9. The van der Waals surface area contributed by atoms with Gasteiger partial charge in [-0.3, -0.25) is 0 Å². The van der Waals surface area contributed by atoms with E-state index in [0.717, 1.165) is 43.0 Å². The van der Waals surface area contributed by atoms with Crippen LogP contribution in [0.4, 0.5) is 16.0 Å². The Labute approximate surface area is 173 Å². The first-order chi connectivity index (χ1) is 14.7. The molecule has 1 unspecified atom stereocenters. The molecule has 5 rings (SSSR count). The van der Waals surface area contributed by atoms with E-state index in [4.69, 9.17) is 4.74 Å². The predicted octanol–water partition coefficient (Wildman–Crippen LogP) is 1.82. The number of piperazine rings is 1. The first-order valence-electron chi connectivity index (χ1n) is 10.5. The fourth-order valence-corrected chi connectivity index (χ4v) is 4.23. The standard InChI is InChI=1S/C20H25FN8O/c1-2-15-16(21)18(23-11-22-15)27-5-7-28(8-6-27)19-17-20(25-12-24-19)29(13-26-17)10-14-4-3-9-30-14/h11-14H,2-10H2,1H3. The summed E-state index contributed by atoms with van der Waals surface area (Å²) >= 11 is 0. The van der Waals surface area contributed by atoms with Gasteiger partial charge in [-0.05, 0) is 19.3 Å². The summed E-state index contributed by atoms with van der Waals surface area (Å²) in [6.45, 7) is 6.19. The maximum atomic E-state index is 14.6. The van der Waals surface area contributed by atoms with Crippen molar-refractivity contribution in [3.8, 4) is 0 Å². The van der Waals surface area contributed by atoms with Crippen molar-refractivity contribution in [1.82, 2.24) is 29.5 Å². The average molecular weight is 412 g/mol. The summed E-state index contributed by atoms with van der Waals surface area (Å²) in [6.07, 6.45) is 7.80. The molecule has 0 N–H and O–H groups in total. The van der Waals surface area contributed by atoms with Crippen molar-refractivity contribution in [2.75, 3.05) is 42.6 Å². The minimum absolute atomic E-state index is 0.222. The van der Waals surface area contributed by atoms with Crippen molar-refractivity contribution >= 4 is 22.8 Å². The topological polar surface area (TPSA) is 85.1 Å². The second-order valence-electron chi connectivity index (χ2n) is 7.69. The van der Waals surface area contributed by atoms with Crippen LogP contribution in [0.5, 0.6) is 0 Å². The first-order valence-corrected chi connectivity index (χ1v) is 10.5. The van der Waals surface area contributed by atoms with Crippen LogP contribution in [-0.4, -0.2) is 68.4 Å². The van der Waals surface area contributed by atoms with Crippen molar-refractivity contribution in [1.29, 1.82) is 0 Å². The monoisotopic (exact) mass is 412 g/mol. The Kier molecular flexibility index (Phi) is 5.16. The Balaban J connectivity index is 1.33. The van der Waals surface area contributed by atoms with Gasteiger partial charge in [0.05, 0.1) is 24.7 Å². The molecule has 0 amide bonds. The van der Waals surface area contributed by atoms with Crippen LogP contribution in [0.3, 0.4) is 0 Å². The van der Waals surface area contributed by atoms with E-state index in [1.165, 1.54) is 6.33 Å². The van der Waals surface area contributed by atoms with Crippen LogP contribution in [0.25, 0.3) is 11.2 Å². The number of hydrogen-bond donors (Lipinski definition) is 0.